The summed E-state index contributed by atoms with van der Waals surface area (Å²) in [7, 11) is 0. The van der Waals surface area contributed by atoms with Gasteiger partial charge in [0, 0.05) is 24.2 Å². The van der Waals surface area contributed by atoms with E-state index in [1.807, 2.05) is 19.1 Å². The Morgan fingerprint density at radius 3 is 2.91 bits per heavy atom. The van der Waals surface area contributed by atoms with Crippen LogP contribution in [0.5, 0.6) is 0 Å². The lowest BCUT2D eigenvalue weighted by Gasteiger charge is -2.50. The standard InChI is InChI=1S/C17H22ClNO3/c1-11-6-12(2-3-15(11)18)10-19-14-4-5-22-17(9-14)7-13(8-17)16(20)21/h2-3,6,13-14,19H,4-5,7-10H2,1H3,(H,20,21). The van der Waals surface area contributed by atoms with Gasteiger partial charge in [0.05, 0.1) is 11.5 Å². The molecule has 0 bridgehead atoms. The van der Waals surface area contributed by atoms with E-state index in [0.717, 1.165) is 30.0 Å². The molecule has 2 fully saturated rings. The number of hydrogen-bond acceptors (Lipinski definition) is 3. The van der Waals surface area contributed by atoms with Crippen LogP contribution >= 0.6 is 11.6 Å². The molecule has 1 spiro atoms. The molecule has 0 amide bonds. The minimum Gasteiger partial charge on any atom is -0.481 e. The molecular formula is C17H22ClNO3. The molecule has 1 saturated heterocycles. The third-order valence-electron chi connectivity index (χ3n) is 4.90. The van der Waals surface area contributed by atoms with Crippen molar-refractivity contribution in [1.82, 2.24) is 5.32 Å². The van der Waals surface area contributed by atoms with Crippen LogP contribution in [0.2, 0.25) is 5.02 Å². The van der Waals surface area contributed by atoms with Gasteiger partial charge in [-0.2, -0.15) is 0 Å². The van der Waals surface area contributed by atoms with E-state index < -0.39 is 5.97 Å². The van der Waals surface area contributed by atoms with Crippen molar-refractivity contribution >= 4 is 17.6 Å². The summed E-state index contributed by atoms with van der Waals surface area (Å²) in [6.07, 6.45) is 3.19. The molecule has 1 unspecified atom stereocenters. The minimum atomic E-state index is -0.694. The Morgan fingerprint density at radius 2 is 2.23 bits per heavy atom. The number of aryl methyl sites for hydroxylation is 1. The molecule has 4 nitrogen and oxygen atoms in total. The van der Waals surface area contributed by atoms with E-state index >= 15 is 0 Å². The van der Waals surface area contributed by atoms with Gasteiger partial charge in [0.25, 0.3) is 0 Å². The third-order valence-corrected chi connectivity index (χ3v) is 5.32. The maximum Gasteiger partial charge on any atom is 0.306 e. The number of ether oxygens (including phenoxy) is 1. The summed E-state index contributed by atoms with van der Waals surface area (Å²) in [6, 6.07) is 6.47. The number of benzene rings is 1. The summed E-state index contributed by atoms with van der Waals surface area (Å²) in [5.74, 6) is -0.918. The van der Waals surface area contributed by atoms with Gasteiger partial charge >= 0.3 is 5.97 Å². The van der Waals surface area contributed by atoms with Gasteiger partial charge in [0.2, 0.25) is 0 Å². The molecule has 1 aliphatic carbocycles. The van der Waals surface area contributed by atoms with E-state index in [4.69, 9.17) is 21.4 Å². The van der Waals surface area contributed by atoms with Crippen molar-refractivity contribution < 1.29 is 14.6 Å². The summed E-state index contributed by atoms with van der Waals surface area (Å²) in [6.45, 7) is 3.53. The molecule has 1 aromatic carbocycles. The molecule has 0 aromatic heterocycles. The summed E-state index contributed by atoms with van der Waals surface area (Å²) < 4.78 is 5.88. The second kappa shape index (κ2) is 6.19. The predicted octanol–water partition coefficient (Wildman–Crippen LogP) is 3.15. The van der Waals surface area contributed by atoms with Crippen molar-refractivity contribution in [2.75, 3.05) is 6.61 Å². The van der Waals surface area contributed by atoms with Crippen LogP contribution in [-0.4, -0.2) is 29.3 Å². The van der Waals surface area contributed by atoms with Crippen molar-refractivity contribution in [3.8, 4) is 0 Å². The van der Waals surface area contributed by atoms with Crippen molar-refractivity contribution in [3.05, 3.63) is 34.3 Å². The van der Waals surface area contributed by atoms with E-state index in [1.165, 1.54) is 5.56 Å². The topological polar surface area (TPSA) is 58.6 Å². The first-order chi connectivity index (χ1) is 10.5. The van der Waals surface area contributed by atoms with E-state index in [0.29, 0.717) is 25.5 Å². The lowest BCUT2D eigenvalue weighted by Crippen LogP contribution is -2.55. The SMILES string of the molecule is Cc1cc(CNC2CCOC3(C2)CC(C(=O)O)C3)ccc1Cl. The zero-order chi connectivity index (χ0) is 15.7. The minimum absolute atomic E-state index is 0.200. The van der Waals surface area contributed by atoms with Crippen LogP contribution < -0.4 is 5.32 Å². The first-order valence-corrected chi connectivity index (χ1v) is 8.20. The number of hydrogen-bond donors (Lipinski definition) is 2. The number of carboxylic acid groups (broad SMARTS) is 1. The highest BCUT2D eigenvalue weighted by Crippen LogP contribution is 2.46. The van der Waals surface area contributed by atoms with Crippen LogP contribution in [-0.2, 0) is 16.1 Å². The monoisotopic (exact) mass is 323 g/mol. The fourth-order valence-electron chi connectivity index (χ4n) is 3.58. The van der Waals surface area contributed by atoms with Gasteiger partial charge in [-0.15, -0.1) is 0 Å². The van der Waals surface area contributed by atoms with Crippen molar-refractivity contribution in [1.29, 1.82) is 0 Å². The van der Waals surface area contributed by atoms with Gasteiger partial charge in [-0.1, -0.05) is 23.7 Å². The Hall–Kier alpha value is -1.10. The first-order valence-electron chi connectivity index (χ1n) is 7.83. The molecule has 1 saturated carbocycles. The van der Waals surface area contributed by atoms with Gasteiger partial charge in [-0.25, -0.2) is 0 Å². The first kappa shape index (κ1) is 15.8. The maximum atomic E-state index is 11.0. The van der Waals surface area contributed by atoms with Gasteiger partial charge in [-0.3, -0.25) is 4.79 Å². The largest absolute Gasteiger partial charge is 0.481 e. The molecule has 1 heterocycles. The van der Waals surface area contributed by atoms with Crippen LogP contribution in [0.4, 0.5) is 0 Å². The van der Waals surface area contributed by atoms with Crippen molar-refractivity contribution in [2.45, 2.75) is 50.8 Å². The third kappa shape index (κ3) is 3.29. The molecule has 2 N–H and O–H groups in total. The van der Waals surface area contributed by atoms with Crippen molar-refractivity contribution in [2.24, 2.45) is 5.92 Å². The molecule has 3 rings (SSSR count). The Bertz CT molecular complexity index is 569. The molecular weight excluding hydrogens is 302 g/mol. The second-order valence-electron chi connectivity index (χ2n) is 6.63. The summed E-state index contributed by atoms with van der Waals surface area (Å²) in [5.41, 5.74) is 2.11. The number of carboxylic acids is 1. The number of rotatable bonds is 4. The van der Waals surface area contributed by atoms with Gasteiger partial charge in [0.15, 0.2) is 0 Å². The fraction of sp³-hybridized carbons (Fsp3) is 0.588. The highest BCUT2D eigenvalue weighted by Gasteiger charge is 2.50. The van der Waals surface area contributed by atoms with Crippen LogP contribution in [0, 0.1) is 12.8 Å². The smallest absolute Gasteiger partial charge is 0.306 e. The Morgan fingerprint density at radius 1 is 1.45 bits per heavy atom. The number of carbonyl (C=O) groups is 1. The molecule has 5 heteroatoms. The average Bonchev–Trinajstić information content (AvgIpc) is 2.46. The Balaban J connectivity index is 1.53. The van der Waals surface area contributed by atoms with Gasteiger partial charge < -0.3 is 15.2 Å². The number of halogens is 1. The molecule has 22 heavy (non-hydrogen) atoms. The van der Waals surface area contributed by atoms with E-state index in [9.17, 15) is 4.79 Å². The quantitative estimate of drug-likeness (QED) is 0.893. The Labute approximate surface area is 135 Å². The maximum absolute atomic E-state index is 11.0. The summed E-state index contributed by atoms with van der Waals surface area (Å²) in [4.78, 5) is 11.0. The molecule has 1 aromatic rings. The molecule has 2 aliphatic rings. The van der Waals surface area contributed by atoms with Crippen LogP contribution in [0.1, 0.15) is 36.8 Å². The zero-order valence-electron chi connectivity index (χ0n) is 12.8. The van der Waals surface area contributed by atoms with Crippen LogP contribution in [0.15, 0.2) is 18.2 Å². The molecule has 120 valence electrons. The highest BCUT2D eigenvalue weighted by molar-refractivity contribution is 6.31. The van der Waals surface area contributed by atoms with E-state index in [-0.39, 0.29) is 11.5 Å². The number of nitrogens with one attached hydrogen (secondary N) is 1. The van der Waals surface area contributed by atoms with Crippen LogP contribution in [0.3, 0.4) is 0 Å². The molecule has 1 atom stereocenters. The second-order valence-corrected chi connectivity index (χ2v) is 7.04. The summed E-state index contributed by atoms with van der Waals surface area (Å²) in [5, 5.41) is 13.4. The van der Waals surface area contributed by atoms with E-state index in [2.05, 4.69) is 11.4 Å². The van der Waals surface area contributed by atoms with Gasteiger partial charge in [0.1, 0.15) is 0 Å². The lowest BCUT2D eigenvalue weighted by atomic mass is 9.66. The fourth-order valence-corrected chi connectivity index (χ4v) is 3.70. The average molecular weight is 324 g/mol. The lowest BCUT2D eigenvalue weighted by molar-refractivity contribution is -0.181. The summed E-state index contributed by atoms with van der Waals surface area (Å²) >= 11 is 6.05. The van der Waals surface area contributed by atoms with E-state index in [1.54, 1.807) is 0 Å². The predicted molar refractivity (Wildman–Crippen MR) is 85.1 cm³/mol. The van der Waals surface area contributed by atoms with Crippen LogP contribution in [0.25, 0.3) is 0 Å². The molecule has 0 radical (unpaired) electrons. The molecule has 1 aliphatic heterocycles. The number of aliphatic carboxylic acids is 1. The zero-order valence-corrected chi connectivity index (χ0v) is 13.5. The van der Waals surface area contributed by atoms with Crippen molar-refractivity contribution in [3.63, 3.8) is 0 Å². The Kier molecular flexibility index (Phi) is 4.44. The normalized spacial score (nSPS) is 31.0. The highest BCUT2D eigenvalue weighted by atomic mass is 35.5. The van der Waals surface area contributed by atoms with Gasteiger partial charge in [-0.05, 0) is 49.8 Å².